The molecule has 0 aromatic carbocycles. The summed E-state index contributed by atoms with van der Waals surface area (Å²) in [5.41, 5.74) is 2.46. The molecule has 0 aromatic rings. The number of hydrogen-bond donors (Lipinski definition) is 2. The molecule has 4 nitrogen and oxygen atoms in total. The molecule has 0 saturated heterocycles. The normalized spacial score (nSPS) is 28.9. The first kappa shape index (κ1) is 17.5. The van der Waals surface area contributed by atoms with Gasteiger partial charge < -0.3 is 10.2 Å². The van der Waals surface area contributed by atoms with Gasteiger partial charge in [0.25, 0.3) is 0 Å². The van der Waals surface area contributed by atoms with Crippen molar-refractivity contribution in [1.29, 1.82) is 0 Å². The van der Waals surface area contributed by atoms with Crippen molar-refractivity contribution >= 4 is 11.9 Å². The summed E-state index contributed by atoms with van der Waals surface area (Å²) >= 11 is 0. The van der Waals surface area contributed by atoms with Crippen LogP contribution in [0.1, 0.15) is 44.9 Å². The quantitative estimate of drug-likeness (QED) is 0.471. The van der Waals surface area contributed by atoms with E-state index in [9.17, 15) is 19.8 Å². The van der Waals surface area contributed by atoms with Crippen molar-refractivity contribution in [2.75, 3.05) is 0 Å². The topological polar surface area (TPSA) is 74.6 Å². The van der Waals surface area contributed by atoms with Gasteiger partial charge in [0.15, 0.2) is 0 Å². The molecule has 2 aliphatic rings. The predicted molar refractivity (Wildman–Crippen MR) is 89.0 cm³/mol. The van der Waals surface area contributed by atoms with E-state index >= 15 is 0 Å². The zero-order valence-corrected chi connectivity index (χ0v) is 13.5. The van der Waals surface area contributed by atoms with Gasteiger partial charge >= 0.3 is 11.9 Å². The molecule has 0 aromatic heterocycles. The lowest BCUT2D eigenvalue weighted by molar-refractivity contribution is -0.154. The minimum absolute atomic E-state index is 0.0952. The molecule has 0 spiro atoms. The first-order chi connectivity index (χ1) is 11.0. The van der Waals surface area contributed by atoms with E-state index in [0.717, 1.165) is 38.5 Å². The van der Waals surface area contributed by atoms with Crippen LogP contribution in [0, 0.1) is 23.7 Å². The van der Waals surface area contributed by atoms with Gasteiger partial charge in [-0.05, 0) is 56.8 Å². The van der Waals surface area contributed by atoms with Crippen LogP contribution < -0.4 is 0 Å². The van der Waals surface area contributed by atoms with Crippen molar-refractivity contribution in [3.63, 3.8) is 0 Å². The van der Waals surface area contributed by atoms with Gasteiger partial charge in [-0.3, -0.25) is 9.59 Å². The van der Waals surface area contributed by atoms with E-state index in [1.54, 1.807) is 0 Å². The van der Waals surface area contributed by atoms with Crippen LogP contribution >= 0.6 is 0 Å². The fourth-order valence-electron chi connectivity index (χ4n) is 4.48. The Hall–Kier alpha value is -1.84. The Bertz CT molecular complexity index is 485. The molecule has 0 amide bonds. The molecule has 1 fully saturated rings. The van der Waals surface area contributed by atoms with Crippen molar-refractivity contribution in [3.05, 3.63) is 36.5 Å². The van der Waals surface area contributed by atoms with Crippen molar-refractivity contribution in [2.24, 2.45) is 23.7 Å². The molecule has 23 heavy (non-hydrogen) atoms. The summed E-state index contributed by atoms with van der Waals surface area (Å²) in [6.07, 6.45) is 9.90. The van der Waals surface area contributed by atoms with Gasteiger partial charge in [0.05, 0.1) is 11.8 Å². The van der Waals surface area contributed by atoms with Gasteiger partial charge in [0, 0.05) is 0 Å². The molecule has 2 aliphatic carbocycles. The molecule has 1 saturated carbocycles. The number of carboxylic acids is 2. The lowest BCUT2D eigenvalue weighted by Crippen LogP contribution is -2.36. The molecular weight excluding hydrogens is 292 g/mol. The third kappa shape index (κ3) is 3.41. The van der Waals surface area contributed by atoms with E-state index in [-0.39, 0.29) is 11.8 Å². The summed E-state index contributed by atoms with van der Waals surface area (Å²) in [5, 5.41) is 19.1. The fourth-order valence-corrected chi connectivity index (χ4v) is 4.48. The van der Waals surface area contributed by atoms with Crippen molar-refractivity contribution in [3.8, 4) is 0 Å². The van der Waals surface area contributed by atoms with E-state index in [1.165, 1.54) is 11.1 Å². The van der Waals surface area contributed by atoms with Crippen LogP contribution in [-0.4, -0.2) is 22.2 Å². The molecule has 4 heteroatoms. The Kier molecular flexibility index (Phi) is 5.80. The van der Waals surface area contributed by atoms with Crippen LogP contribution in [0.5, 0.6) is 0 Å². The number of carboxylic acid groups (broad SMARTS) is 2. The Morgan fingerprint density at radius 1 is 0.913 bits per heavy atom. The number of unbranched alkanes of at least 4 members (excludes halogenated alkanes) is 2. The molecule has 2 rings (SSSR count). The van der Waals surface area contributed by atoms with Gasteiger partial charge in [-0.2, -0.15) is 0 Å². The highest BCUT2D eigenvalue weighted by Gasteiger charge is 2.57. The third-order valence-corrected chi connectivity index (χ3v) is 5.35. The molecule has 126 valence electrons. The second-order valence-electron chi connectivity index (χ2n) is 6.59. The van der Waals surface area contributed by atoms with E-state index in [0.29, 0.717) is 6.42 Å². The first-order valence-corrected chi connectivity index (χ1v) is 8.42. The number of fused-ring (bicyclic) bond motifs is 2. The number of carbonyl (C=O) groups is 2. The van der Waals surface area contributed by atoms with Crippen LogP contribution in [0.4, 0.5) is 0 Å². The maximum Gasteiger partial charge on any atom is 0.308 e. The third-order valence-electron chi connectivity index (χ3n) is 5.35. The van der Waals surface area contributed by atoms with Crippen LogP contribution in [0.2, 0.25) is 0 Å². The second-order valence-corrected chi connectivity index (χ2v) is 6.59. The van der Waals surface area contributed by atoms with Crippen LogP contribution in [0.15, 0.2) is 36.5 Å². The summed E-state index contributed by atoms with van der Waals surface area (Å²) in [4.78, 5) is 23.3. The minimum Gasteiger partial charge on any atom is -0.481 e. The average Bonchev–Trinajstić information content (AvgIpc) is 3.04. The summed E-state index contributed by atoms with van der Waals surface area (Å²) in [5.74, 6) is -3.64. The number of aliphatic carboxylic acids is 2. The second kappa shape index (κ2) is 7.62. The highest BCUT2D eigenvalue weighted by atomic mass is 16.4. The zero-order valence-electron chi connectivity index (χ0n) is 13.5. The number of allylic oxidation sites excluding steroid dienone is 4. The molecular formula is C19H26O4. The average molecular weight is 318 g/mol. The maximum absolute atomic E-state index is 11.6. The van der Waals surface area contributed by atoms with Gasteiger partial charge in [0.2, 0.25) is 0 Å². The lowest BCUT2D eigenvalue weighted by atomic mass is 9.73. The fraction of sp³-hybridized carbons (Fsp3) is 0.579. The molecule has 4 unspecified atom stereocenters. The molecule has 0 heterocycles. The standard InChI is InChI=1S/C19H26O4/c1-3-5-7-9-12-13(10-8-6-4-2)15-11-14(12)16(18(20)21)17(15)19(22)23/h3-4,14-17H,1-2,5-11H2,(H,20,21)(H,22,23). The Morgan fingerprint density at radius 3 is 1.61 bits per heavy atom. The molecule has 4 atom stereocenters. The van der Waals surface area contributed by atoms with E-state index < -0.39 is 23.8 Å². The number of rotatable bonds is 10. The SMILES string of the molecule is C=CCCCC1=C(CCCC=C)C2CC1C(C(=O)O)C2C(=O)O. The molecule has 0 aliphatic heterocycles. The molecule has 0 radical (unpaired) electrons. The minimum atomic E-state index is -0.962. The molecule has 2 N–H and O–H groups in total. The highest BCUT2D eigenvalue weighted by Crippen LogP contribution is 2.57. The maximum atomic E-state index is 11.6. The van der Waals surface area contributed by atoms with Crippen molar-refractivity contribution < 1.29 is 19.8 Å². The Labute approximate surface area is 137 Å². The largest absolute Gasteiger partial charge is 0.481 e. The summed E-state index contributed by atoms with van der Waals surface area (Å²) in [6, 6.07) is 0. The first-order valence-electron chi connectivity index (χ1n) is 8.42. The van der Waals surface area contributed by atoms with Gasteiger partial charge in [-0.25, -0.2) is 0 Å². The highest BCUT2D eigenvalue weighted by molar-refractivity contribution is 5.83. The Morgan fingerprint density at radius 2 is 1.30 bits per heavy atom. The Balaban J connectivity index is 2.28. The predicted octanol–water partition coefficient (Wildman–Crippen LogP) is 4.05. The monoisotopic (exact) mass is 318 g/mol. The van der Waals surface area contributed by atoms with Crippen LogP contribution in [0.25, 0.3) is 0 Å². The van der Waals surface area contributed by atoms with E-state index in [4.69, 9.17) is 0 Å². The van der Waals surface area contributed by atoms with Crippen LogP contribution in [0.3, 0.4) is 0 Å². The van der Waals surface area contributed by atoms with Crippen molar-refractivity contribution in [1.82, 2.24) is 0 Å². The summed E-state index contributed by atoms with van der Waals surface area (Å²) < 4.78 is 0. The number of hydrogen-bond acceptors (Lipinski definition) is 2. The smallest absolute Gasteiger partial charge is 0.308 e. The molecule has 2 bridgehead atoms. The van der Waals surface area contributed by atoms with Gasteiger partial charge in [-0.1, -0.05) is 23.3 Å². The summed E-state index contributed by atoms with van der Waals surface area (Å²) in [6.45, 7) is 7.46. The zero-order chi connectivity index (χ0) is 17.0. The van der Waals surface area contributed by atoms with E-state index in [1.807, 2.05) is 12.2 Å². The van der Waals surface area contributed by atoms with Crippen molar-refractivity contribution in [2.45, 2.75) is 44.9 Å². The lowest BCUT2D eigenvalue weighted by Gasteiger charge is -2.30. The van der Waals surface area contributed by atoms with Crippen LogP contribution in [-0.2, 0) is 9.59 Å². The van der Waals surface area contributed by atoms with Gasteiger partial charge in [-0.15, -0.1) is 13.2 Å². The van der Waals surface area contributed by atoms with E-state index in [2.05, 4.69) is 13.2 Å². The van der Waals surface area contributed by atoms with Gasteiger partial charge in [0.1, 0.15) is 0 Å². The summed E-state index contributed by atoms with van der Waals surface area (Å²) in [7, 11) is 0.